The van der Waals surface area contributed by atoms with E-state index in [-0.39, 0.29) is 12.3 Å². The van der Waals surface area contributed by atoms with Gasteiger partial charge in [-0.2, -0.15) is 4.80 Å². The van der Waals surface area contributed by atoms with Crippen LogP contribution in [0.4, 0.5) is 0 Å². The summed E-state index contributed by atoms with van der Waals surface area (Å²) in [6.07, 6.45) is 3.65. The molecule has 0 aliphatic heterocycles. The molecule has 2 unspecified atom stereocenters. The van der Waals surface area contributed by atoms with E-state index in [1.54, 1.807) is 19.1 Å². The second-order valence-electron chi connectivity index (χ2n) is 6.19. The van der Waals surface area contributed by atoms with Crippen LogP contribution in [0.3, 0.4) is 0 Å². The summed E-state index contributed by atoms with van der Waals surface area (Å²) in [5, 5.41) is 24.2. The summed E-state index contributed by atoms with van der Waals surface area (Å²) in [5.41, 5.74) is 0.790. The van der Waals surface area contributed by atoms with E-state index in [0.29, 0.717) is 5.82 Å². The molecule has 2 aromatic rings. The van der Waals surface area contributed by atoms with Gasteiger partial charge in [-0.15, -0.1) is 10.2 Å². The number of allylic oxidation sites excluding steroid dienone is 1. The van der Waals surface area contributed by atoms with Crippen molar-refractivity contribution in [3.8, 4) is 11.4 Å². The molecule has 2 N–H and O–H groups in total. The third kappa shape index (κ3) is 4.75. The second-order valence-corrected chi connectivity index (χ2v) is 6.19. The van der Waals surface area contributed by atoms with E-state index >= 15 is 0 Å². The van der Waals surface area contributed by atoms with Gasteiger partial charge in [0.1, 0.15) is 6.04 Å². The standard InChI is InChI=1S/C18H23N5O3/c1-4-5-11-14(18(25)26)19-17(24)15(12(2)3)23-21-16(20-22-23)13-9-7-6-8-10-13/h4-10,12,14-15H,11H2,1-3H3,(H,19,24)(H,25,26)/b5-4+. The zero-order chi connectivity index (χ0) is 19.1. The van der Waals surface area contributed by atoms with E-state index in [1.165, 1.54) is 4.80 Å². The fourth-order valence-electron chi connectivity index (χ4n) is 2.47. The van der Waals surface area contributed by atoms with Gasteiger partial charge >= 0.3 is 5.97 Å². The molecule has 0 fully saturated rings. The SMILES string of the molecule is C/C=C/CC(NC(=O)C(C(C)C)n1nnc(-c2ccccc2)n1)C(=O)O. The molecule has 0 aliphatic rings. The molecule has 1 aromatic heterocycles. The van der Waals surface area contributed by atoms with Gasteiger partial charge in [0, 0.05) is 5.56 Å². The van der Waals surface area contributed by atoms with Crippen LogP contribution in [-0.2, 0) is 9.59 Å². The molecular weight excluding hydrogens is 334 g/mol. The minimum absolute atomic E-state index is 0.149. The van der Waals surface area contributed by atoms with Gasteiger partial charge in [0.25, 0.3) is 0 Å². The monoisotopic (exact) mass is 357 g/mol. The number of nitrogens with one attached hydrogen (secondary N) is 1. The van der Waals surface area contributed by atoms with Crippen molar-refractivity contribution >= 4 is 11.9 Å². The molecule has 0 saturated heterocycles. The zero-order valence-electron chi connectivity index (χ0n) is 15.0. The molecule has 1 amide bonds. The number of carboxylic acid groups (broad SMARTS) is 1. The molecule has 0 aliphatic carbocycles. The highest BCUT2D eigenvalue weighted by atomic mass is 16.4. The molecule has 138 valence electrons. The first-order valence-electron chi connectivity index (χ1n) is 8.43. The number of rotatable bonds is 8. The van der Waals surface area contributed by atoms with E-state index in [9.17, 15) is 14.7 Å². The molecule has 2 atom stereocenters. The van der Waals surface area contributed by atoms with Crippen molar-refractivity contribution in [2.24, 2.45) is 5.92 Å². The van der Waals surface area contributed by atoms with Crippen molar-refractivity contribution in [1.82, 2.24) is 25.5 Å². The number of aromatic nitrogens is 4. The highest BCUT2D eigenvalue weighted by Crippen LogP contribution is 2.19. The fourth-order valence-corrected chi connectivity index (χ4v) is 2.47. The maximum absolute atomic E-state index is 12.7. The Morgan fingerprint density at radius 1 is 1.27 bits per heavy atom. The third-order valence-electron chi connectivity index (χ3n) is 3.83. The number of benzene rings is 1. The van der Waals surface area contributed by atoms with Crippen molar-refractivity contribution < 1.29 is 14.7 Å². The summed E-state index contributed by atoms with van der Waals surface area (Å²) < 4.78 is 0. The number of carbonyl (C=O) groups is 2. The average Bonchev–Trinajstić information content (AvgIpc) is 3.08. The number of carboxylic acids is 1. The number of hydrogen-bond acceptors (Lipinski definition) is 5. The Kier molecular flexibility index (Phi) is 6.60. The van der Waals surface area contributed by atoms with Gasteiger partial charge in [-0.1, -0.05) is 56.3 Å². The average molecular weight is 357 g/mol. The number of tetrazole rings is 1. The minimum atomic E-state index is -1.09. The number of hydrogen-bond donors (Lipinski definition) is 2. The van der Waals surface area contributed by atoms with Crippen molar-refractivity contribution in [2.45, 2.75) is 39.3 Å². The number of nitrogens with zero attached hydrogens (tertiary/aromatic N) is 4. The van der Waals surface area contributed by atoms with Crippen LogP contribution in [0, 0.1) is 5.92 Å². The predicted molar refractivity (Wildman–Crippen MR) is 96.1 cm³/mol. The van der Waals surface area contributed by atoms with Crippen LogP contribution in [0.15, 0.2) is 42.5 Å². The predicted octanol–water partition coefficient (Wildman–Crippen LogP) is 2.07. The van der Waals surface area contributed by atoms with Crippen molar-refractivity contribution in [2.75, 3.05) is 0 Å². The molecule has 0 radical (unpaired) electrons. The Morgan fingerprint density at radius 2 is 1.96 bits per heavy atom. The molecule has 8 nitrogen and oxygen atoms in total. The zero-order valence-corrected chi connectivity index (χ0v) is 15.0. The maximum atomic E-state index is 12.7. The quantitative estimate of drug-likeness (QED) is 0.700. The summed E-state index contributed by atoms with van der Waals surface area (Å²) >= 11 is 0. The van der Waals surface area contributed by atoms with Gasteiger partial charge in [-0.3, -0.25) is 4.79 Å². The summed E-state index contributed by atoms with van der Waals surface area (Å²) in [6.45, 7) is 5.48. The first kappa shape index (κ1) is 19.3. The Bertz CT molecular complexity index is 770. The Hall–Kier alpha value is -3.03. The Balaban J connectivity index is 2.21. The van der Waals surface area contributed by atoms with Gasteiger partial charge in [0.05, 0.1) is 0 Å². The van der Waals surface area contributed by atoms with Gasteiger partial charge in [0.15, 0.2) is 6.04 Å². The van der Waals surface area contributed by atoms with Gasteiger partial charge in [-0.25, -0.2) is 4.79 Å². The Morgan fingerprint density at radius 3 is 2.54 bits per heavy atom. The fraction of sp³-hybridized carbons (Fsp3) is 0.389. The second kappa shape index (κ2) is 8.89. The van der Waals surface area contributed by atoms with E-state index in [0.717, 1.165) is 5.56 Å². The van der Waals surface area contributed by atoms with Crippen LogP contribution >= 0.6 is 0 Å². The van der Waals surface area contributed by atoms with E-state index < -0.39 is 24.0 Å². The van der Waals surface area contributed by atoms with Crippen LogP contribution < -0.4 is 5.32 Å². The molecule has 0 bridgehead atoms. The lowest BCUT2D eigenvalue weighted by atomic mass is 10.0. The number of aliphatic carboxylic acids is 1. The molecule has 1 aromatic carbocycles. The first-order valence-corrected chi connectivity index (χ1v) is 8.43. The molecule has 0 saturated carbocycles. The smallest absolute Gasteiger partial charge is 0.326 e. The van der Waals surface area contributed by atoms with Gasteiger partial charge < -0.3 is 10.4 Å². The van der Waals surface area contributed by atoms with E-state index in [1.807, 2.05) is 44.2 Å². The molecule has 26 heavy (non-hydrogen) atoms. The molecule has 1 heterocycles. The van der Waals surface area contributed by atoms with Gasteiger partial charge in [0.2, 0.25) is 11.7 Å². The lowest BCUT2D eigenvalue weighted by Gasteiger charge is -2.21. The van der Waals surface area contributed by atoms with Crippen molar-refractivity contribution in [1.29, 1.82) is 0 Å². The normalized spacial score (nSPS) is 13.7. The van der Waals surface area contributed by atoms with E-state index in [4.69, 9.17) is 0 Å². The van der Waals surface area contributed by atoms with Crippen LogP contribution in [0.2, 0.25) is 0 Å². The molecular formula is C18H23N5O3. The Labute approximate surface area is 151 Å². The molecule has 2 rings (SSSR count). The summed E-state index contributed by atoms with van der Waals surface area (Å²) in [6, 6.07) is 7.55. The van der Waals surface area contributed by atoms with Crippen molar-refractivity contribution in [3.63, 3.8) is 0 Å². The maximum Gasteiger partial charge on any atom is 0.326 e. The number of amides is 1. The summed E-state index contributed by atoms with van der Waals surface area (Å²) in [4.78, 5) is 25.3. The summed E-state index contributed by atoms with van der Waals surface area (Å²) in [7, 11) is 0. The summed E-state index contributed by atoms with van der Waals surface area (Å²) in [5.74, 6) is -1.28. The largest absolute Gasteiger partial charge is 0.480 e. The minimum Gasteiger partial charge on any atom is -0.480 e. The lowest BCUT2D eigenvalue weighted by Crippen LogP contribution is -2.45. The molecule has 0 spiro atoms. The van der Waals surface area contributed by atoms with Crippen LogP contribution in [0.5, 0.6) is 0 Å². The highest BCUT2D eigenvalue weighted by molar-refractivity contribution is 5.86. The van der Waals surface area contributed by atoms with Crippen LogP contribution in [0.1, 0.15) is 33.2 Å². The van der Waals surface area contributed by atoms with E-state index in [2.05, 4.69) is 20.7 Å². The van der Waals surface area contributed by atoms with Crippen LogP contribution in [0.25, 0.3) is 11.4 Å². The topological polar surface area (TPSA) is 110 Å². The first-order chi connectivity index (χ1) is 12.4. The lowest BCUT2D eigenvalue weighted by molar-refractivity contribution is -0.142. The molecule has 8 heteroatoms. The van der Waals surface area contributed by atoms with Gasteiger partial charge in [-0.05, 0) is 24.5 Å². The number of carbonyl (C=O) groups excluding carboxylic acids is 1. The highest BCUT2D eigenvalue weighted by Gasteiger charge is 2.30. The third-order valence-corrected chi connectivity index (χ3v) is 3.83. The van der Waals surface area contributed by atoms with Crippen molar-refractivity contribution in [3.05, 3.63) is 42.5 Å². The van der Waals surface area contributed by atoms with Crippen LogP contribution in [-0.4, -0.2) is 43.2 Å².